The van der Waals surface area contributed by atoms with Gasteiger partial charge in [0.1, 0.15) is 28.5 Å². The number of aromatic nitrogens is 1. The number of ether oxygens (including phenoxy) is 1. The Labute approximate surface area is 220 Å². The van der Waals surface area contributed by atoms with Crippen LogP contribution < -0.4 is 27.1 Å². The summed E-state index contributed by atoms with van der Waals surface area (Å²) >= 11 is 3.21. The van der Waals surface area contributed by atoms with Crippen molar-refractivity contribution in [2.24, 2.45) is 11.5 Å². The Hall–Kier alpha value is -3.28. The molecule has 0 spiro atoms. The molecule has 0 aliphatic heterocycles. The van der Waals surface area contributed by atoms with E-state index in [0.29, 0.717) is 5.69 Å². The van der Waals surface area contributed by atoms with Crippen LogP contribution in [0.15, 0.2) is 57.8 Å². The zero-order chi connectivity index (χ0) is 25.9. The molecular weight excluding hydrogens is 562 g/mol. The van der Waals surface area contributed by atoms with Crippen molar-refractivity contribution in [2.45, 2.75) is 32.5 Å². The maximum absolute atomic E-state index is 14.0. The van der Waals surface area contributed by atoms with Crippen LogP contribution in [0.1, 0.15) is 35.5 Å². The van der Waals surface area contributed by atoms with E-state index in [1.165, 1.54) is 42.7 Å². The Morgan fingerprint density at radius 2 is 1.83 bits per heavy atom. The van der Waals surface area contributed by atoms with Gasteiger partial charge in [0.15, 0.2) is 0 Å². The van der Waals surface area contributed by atoms with Crippen molar-refractivity contribution >= 4 is 40.2 Å². The quantitative estimate of drug-likeness (QED) is 0.374. The molecule has 5 N–H and O–H groups in total. The van der Waals surface area contributed by atoms with E-state index in [2.05, 4.69) is 21.2 Å². The third-order valence-corrected chi connectivity index (χ3v) is 5.72. The summed E-state index contributed by atoms with van der Waals surface area (Å²) in [4.78, 5) is 37.3. The van der Waals surface area contributed by atoms with Gasteiger partial charge in [-0.05, 0) is 60.1 Å². The number of nitrogens with zero attached hydrogens (tertiary/aromatic N) is 1. The molecular formula is C24H24BrClF2N4O4. The normalized spacial score (nSPS) is 10.9. The lowest BCUT2D eigenvalue weighted by Gasteiger charge is -2.21. The lowest BCUT2D eigenvalue weighted by Crippen LogP contribution is -2.49. The lowest BCUT2D eigenvalue weighted by atomic mass is 10.1. The minimum atomic E-state index is -1.17. The third-order valence-electron chi connectivity index (χ3n) is 4.99. The fraction of sp³-hybridized carbons (Fsp3) is 0.208. The SMILES string of the molecule is CC(C)(N)C(=O)NCc1cc(OCc2ccc(F)cc2F)c(Br)c(=O)n1-c1cccc(C(N)=O)c1.Cl. The van der Waals surface area contributed by atoms with Crippen LogP contribution in [0, 0.1) is 11.6 Å². The number of benzene rings is 2. The van der Waals surface area contributed by atoms with Crippen LogP contribution in [-0.4, -0.2) is 21.9 Å². The standard InChI is InChI=1S/C24H23BrF2N4O4.ClH/c1-24(2,29)23(34)30-11-17-10-19(35-12-14-6-7-15(26)9-18(14)27)20(25)22(33)31(17)16-5-3-4-13(8-16)21(28)32;/h3-10H,11-12,29H2,1-2H3,(H2,28,32)(H,30,34);1H. The van der Waals surface area contributed by atoms with Crippen molar-refractivity contribution in [1.82, 2.24) is 9.88 Å². The van der Waals surface area contributed by atoms with Crippen LogP contribution >= 0.6 is 28.3 Å². The van der Waals surface area contributed by atoms with Gasteiger partial charge in [-0.25, -0.2) is 8.78 Å². The number of pyridine rings is 1. The maximum Gasteiger partial charge on any atom is 0.273 e. The molecule has 192 valence electrons. The van der Waals surface area contributed by atoms with Gasteiger partial charge in [-0.1, -0.05) is 6.07 Å². The lowest BCUT2D eigenvalue weighted by molar-refractivity contribution is -0.125. The first kappa shape index (κ1) is 29.0. The van der Waals surface area contributed by atoms with E-state index in [4.69, 9.17) is 16.2 Å². The molecule has 0 fully saturated rings. The molecule has 0 radical (unpaired) electrons. The van der Waals surface area contributed by atoms with E-state index in [-0.39, 0.29) is 52.6 Å². The molecule has 1 aromatic heterocycles. The average Bonchev–Trinajstić information content (AvgIpc) is 2.79. The molecule has 0 saturated heterocycles. The molecule has 0 bridgehead atoms. The molecule has 8 nitrogen and oxygen atoms in total. The Bertz CT molecular complexity index is 1360. The van der Waals surface area contributed by atoms with Crippen molar-refractivity contribution in [3.8, 4) is 11.4 Å². The van der Waals surface area contributed by atoms with Crippen molar-refractivity contribution in [3.63, 3.8) is 0 Å². The first-order valence-corrected chi connectivity index (χ1v) is 11.2. The summed E-state index contributed by atoms with van der Waals surface area (Å²) in [6, 6.07) is 10.6. The predicted octanol–water partition coefficient (Wildman–Crippen LogP) is 3.33. The van der Waals surface area contributed by atoms with Gasteiger partial charge < -0.3 is 21.5 Å². The van der Waals surface area contributed by atoms with E-state index < -0.39 is 34.5 Å². The maximum atomic E-state index is 14.0. The highest BCUT2D eigenvalue weighted by Crippen LogP contribution is 2.26. The van der Waals surface area contributed by atoms with E-state index >= 15 is 0 Å². The molecule has 0 aliphatic carbocycles. The summed E-state index contributed by atoms with van der Waals surface area (Å²) in [5, 5.41) is 2.66. The smallest absolute Gasteiger partial charge is 0.273 e. The summed E-state index contributed by atoms with van der Waals surface area (Å²) in [7, 11) is 0. The highest BCUT2D eigenvalue weighted by molar-refractivity contribution is 9.10. The van der Waals surface area contributed by atoms with Crippen molar-refractivity contribution in [2.75, 3.05) is 0 Å². The second-order valence-electron chi connectivity index (χ2n) is 8.30. The molecule has 0 atom stereocenters. The number of nitrogens with one attached hydrogen (secondary N) is 1. The molecule has 12 heteroatoms. The first-order chi connectivity index (χ1) is 16.4. The zero-order valence-corrected chi connectivity index (χ0v) is 21.7. The van der Waals surface area contributed by atoms with Crippen LogP contribution in [0.3, 0.4) is 0 Å². The van der Waals surface area contributed by atoms with Gasteiger partial charge in [-0.15, -0.1) is 12.4 Å². The summed E-state index contributed by atoms with van der Waals surface area (Å²) in [5.41, 5.74) is 10.3. The fourth-order valence-corrected chi connectivity index (χ4v) is 3.53. The average molecular weight is 586 g/mol. The third kappa shape index (κ3) is 6.68. The zero-order valence-electron chi connectivity index (χ0n) is 19.3. The van der Waals surface area contributed by atoms with Crippen LogP contribution in [-0.2, 0) is 17.9 Å². The Morgan fingerprint density at radius 3 is 2.44 bits per heavy atom. The van der Waals surface area contributed by atoms with Gasteiger partial charge in [0.25, 0.3) is 5.56 Å². The van der Waals surface area contributed by atoms with Gasteiger partial charge in [0.05, 0.1) is 12.1 Å². The second kappa shape index (κ2) is 11.6. The van der Waals surface area contributed by atoms with Crippen molar-refractivity contribution in [3.05, 3.63) is 91.8 Å². The minimum absolute atomic E-state index is 0. The summed E-state index contributed by atoms with van der Waals surface area (Å²) in [5.74, 6) is -2.61. The Morgan fingerprint density at radius 1 is 1.14 bits per heavy atom. The highest BCUT2D eigenvalue weighted by atomic mass is 79.9. The van der Waals surface area contributed by atoms with Crippen LogP contribution in [0.25, 0.3) is 5.69 Å². The van der Waals surface area contributed by atoms with Gasteiger partial charge >= 0.3 is 0 Å². The van der Waals surface area contributed by atoms with Gasteiger partial charge in [-0.3, -0.25) is 19.0 Å². The molecule has 0 unspecified atom stereocenters. The largest absolute Gasteiger partial charge is 0.487 e. The monoisotopic (exact) mass is 584 g/mol. The Kier molecular flexibility index (Phi) is 9.36. The van der Waals surface area contributed by atoms with E-state index in [9.17, 15) is 23.2 Å². The van der Waals surface area contributed by atoms with Crippen LogP contribution in [0.5, 0.6) is 5.75 Å². The number of primary amides is 1. The van der Waals surface area contributed by atoms with Gasteiger partial charge in [-0.2, -0.15) is 0 Å². The number of hydrogen-bond donors (Lipinski definition) is 3. The number of halogens is 4. The predicted molar refractivity (Wildman–Crippen MR) is 136 cm³/mol. The minimum Gasteiger partial charge on any atom is -0.487 e. The van der Waals surface area contributed by atoms with E-state index in [0.717, 1.165) is 12.1 Å². The van der Waals surface area contributed by atoms with E-state index in [1.807, 2.05) is 0 Å². The second-order valence-corrected chi connectivity index (χ2v) is 9.09. The van der Waals surface area contributed by atoms with Crippen LogP contribution in [0.4, 0.5) is 8.78 Å². The summed E-state index contributed by atoms with van der Waals surface area (Å²) in [6.07, 6.45) is 0. The number of nitrogens with two attached hydrogens (primary N) is 2. The number of amides is 2. The van der Waals surface area contributed by atoms with Crippen LogP contribution in [0.2, 0.25) is 0 Å². The Balaban J connectivity index is 0.00000456. The fourth-order valence-electron chi connectivity index (χ4n) is 3.12. The van der Waals surface area contributed by atoms with E-state index in [1.54, 1.807) is 12.1 Å². The first-order valence-electron chi connectivity index (χ1n) is 10.4. The number of hydrogen-bond acceptors (Lipinski definition) is 5. The molecule has 3 rings (SSSR count). The van der Waals surface area contributed by atoms with Crippen molar-refractivity contribution < 1.29 is 23.1 Å². The number of rotatable bonds is 8. The molecule has 0 saturated carbocycles. The molecule has 1 heterocycles. The topological polar surface area (TPSA) is 129 Å². The number of carbonyl (C=O) groups excluding carboxylic acids is 2. The molecule has 2 amide bonds. The van der Waals surface area contributed by atoms with Crippen molar-refractivity contribution in [1.29, 1.82) is 0 Å². The summed E-state index contributed by atoms with van der Waals surface area (Å²) < 4.78 is 34.2. The molecule has 0 aliphatic rings. The summed E-state index contributed by atoms with van der Waals surface area (Å²) in [6.45, 7) is 2.65. The molecule has 2 aromatic carbocycles. The molecule has 3 aromatic rings. The molecule has 36 heavy (non-hydrogen) atoms. The van der Waals surface area contributed by atoms with Gasteiger partial charge in [0.2, 0.25) is 11.8 Å². The highest BCUT2D eigenvalue weighted by Gasteiger charge is 2.23. The number of carbonyl (C=O) groups is 2. The van der Waals surface area contributed by atoms with Gasteiger partial charge in [0, 0.05) is 34.6 Å².